The topological polar surface area (TPSA) is 96.6 Å². The van der Waals surface area contributed by atoms with Gasteiger partial charge < -0.3 is 14.6 Å². The van der Waals surface area contributed by atoms with Crippen molar-refractivity contribution < 1.29 is 23.0 Å². The van der Waals surface area contributed by atoms with E-state index in [9.17, 15) is 18.8 Å². The molecule has 2 aliphatic rings. The van der Waals surface area contributed by atoms with Crippen molar-refractivity contribution in [1.29, 1.82) is 5.26 Å². The van der Waals surface area contributed by atoms with E-state index < -0.39 is 33.0 Å². The summed E-state index contributed by atoms with van der Waals surface area (Å²) < 4.78 is 36.7. The largest absolute Gasteiger partial charge is 0.454 e. The number of aliphatic hydroxyl groups excluding tert-OH is 1. The van der Waals surface area contributed by atoms with E-state index in [0.29, 0.717) is 17.1 Å². The van der Waals surface area contributed by atoms with E-state index in [2.05, 4.69) is 0 Å². The Bertz CT molecular complexity index is 967. The Morgan fingerprint density at radius 1 is 1.16 bits per heavy atom. The molecule has 1 fully saturated rings. The molecule has 6 nitrogen and oxygen atoms in total. The van der Waals surface area contributed by atoms with Crippen molar-refractivity contribution in [2.75, 3.05) is 13.4 Å². The maximum Gasteiger partial charge on any atom is 0.231 e. The molecule has 128 valence electrons. The van der Waals surface area contributed by atoms with Crippen LogP contribution in [-0.4, -0.2) is 32.2 Å². The summed E-state index contributed by atoms with van der Waals surface area (Å²) in [4.78, 5) is 0.149. The molecule has 0 saturated heterocycles. The molecule has 0 amide bonds. The highest BCUT2D eigenvalue weighted by molar-refractivity contribution is 7.92. The van der Waals surface area contributed by atoms with Gasteiger partial charge in [0.25, 0.3) is 0 Å². The molecular formula is C18H15NO5S. The average molecular weight is 357 g/mol. The van der Waals surface area contributed by atoms with Crippen LogP contribution >= 0.6 is 0 Å². The summed E-state index contributed by atoms with van der Waals surface area (Å²) in [6.45, 7) is -0.419. The summed E-state index contributed by atoms with van der Waals surface area (Å²) in [7, 11) is -3.76. The summed E-state index contributed by atoms with van der Waals surface area (Å²) in [5, 5.41) is 18.4. The number of sulfone groups is 1. The van der Waals surface area contributed by atoms with E-state index in [0.717, 1.165) is 0 Å². The second-order valence-electron chi connectivity index (χ2n) is 6.18. The Hall–Kier alpha value is -2.56. The number of nitrogens with zero attached hydrogens (tertiary/aromatic N) is 1. The molecule has 0 spiro atoms. The molecule has 0 unspecified atom stereocenters. The first kappa shape index (κ1) is 15.9. The molecule has 0 radical (unpaired) electrons. The van der Waals surface area contributed by atoms with Crippen LogP contribution in [0.15, 0.2) is 53.4 Å². The van der Waals surface area contributed by atoms with Crippen LogP contribution in [0.3, 0.4) is 0 Å². The molecule has 1 aliphatic carbocycles. The minimum absolute atomic E-state index is 0.110. The minimum atomic E-state index is -3.76. The normalized spacial score (nSPS) is 26.9. The summed E-state index contributed by atoms with van der Waals surface area (Å²) >= 11 is 0. The summed E-state index contributed by atoms with van der Waals surface area (Å²) in [5.74, 6) is 0.477. The lowest BCUT2D eigenvalue weighted by molar-refractivity contribution is 0.174. The molecular weight excluding hydrogens is 342 g/mol. The van der Waals surface area contributed by atoms with E-state index in [4.69, 9.17) is 9.47 Å². The summed E-state index contributed by atoms with van der Waals surface area (Å²) in [6.07, 6.45) is 0. The zero-order valence-electron chi connectivity index (χ0n) is 13.1. The number of hydrogen-bond donors (Lipinski definition) is 1. The summed E-state index contributed by atoms with van der Waals surface area (Å²) in [5.41, 5.74) is -0.716. The second kappa shape index (κ2) is 5.48. The fraction of sp³-hybridized carbons (Fsp3) is 0.278. The number of ether oxygens (including phenoxy) is 2. The van der Waals surface area contributed by atoms with E-state index in [1.807, 2.05) is 6.07 Å². The van der Waals surface area contributed by atoms with Gasteiger partial charge in [-0.05, 0) is 29.8 Å². The number of hydrogen-bond acceptors (Lipinski definition) is 6. The SMILES string of the molecule is N#C[C@]1(CO)[C@H](c2ccc3c(c2)OCO3)[C@H]1S(=O)(=O)c1ccccc1. The highest BCUT2D eigenvalue weighted by Gasteiger charge is 2.72. The van der Waals surface area contributed by atoms with E-state index in [1.54, 1.807) is 36.4 Å². The number of nitriles is 1. The lowest BCUT2D eigenvalue weighted by atomic mass is 10.0. The van der Waals surface area contributed by atoms with Gasteiger partial charge in [0, 0.05) is 5.92 Å². The van der Waals surface area contributed by atoms with E-state index in [-0.39, 0.29) is 11.7 Å². The van der Waals surface area contributed by atoms with Crippen molar-refractivity contribution in [2.45, 2.75) is 16.1 Å². The van der Waals surface area contributed by atoms with Gasteiger partial charge in [0.1, 0.15) is 5.41 Å². The van der Waals surface area contributed by atoms with Crippen LogP contribution in [0.2, 0.25) is 0 Å². The van der Waals surface area contributed by atoms with Gasteiger partial charge >= 0.3 is 0 Å². The van der Waals surface area contributed by atoms with Gasteiger partial charge in [0.05, 0.1) is 22.8 Å². The fourth-order valence-electron chi connectivity index (χ4n) is 3.55. The Labute approximate surface area is 145 Å². The lowest BCUT2D eigenvalue weighted by Crippen LogP contribution is -2.18. The molecule has 1 N–H and O–H groups in total. The highest BCUT2D eigenvalue weighted by Crippen LogP contribution is 2.64. The number of aliphatic hydroxyl groups is 1. The molecule has 7 heteroatoms. The predicted octanol–water partition coefficient (Wildman–Crippen LogP) is 1.86. The van der Waals surface area contributed by atoms with Crippen LogP contribution in [-0.2, 0) is 9.84 Å². The zero-order chi connectivity index (χ0) is 17.7. The maximum atomic E-state index is 13.0. The third-order valence-electron chi connectivity index (χ3n) is 4.89. The zero-order valence-corrected chi connectivity index (χ0v) is 13.9. The fourth-order valence-corrected chi connectivity index (χ4v) is 5.89. The molecule has 4 rings (SSSR count). The monoisotopic (exact) mass is 357 g/mol. The van der Waals surface area contributed by atoms with Crippen molar-refractivity contribution in [3.05, 3.63) is 54.1 Å². The lowest BCUT2D eigenvalue weighted by Gasteiger charge is -2.05. The van der Waals surface area contributed by atoms with Gasteiger partial charge in [-0.25, -0.2) is 8.42 Å². The van der Waals surface area contributed by atoms with E-state index >= 15 is 0 Å². The third-order valence-corrected chi connectivity index (χ3v) is 7.18. The number of fused-ring (bicyclic) bond motifs is 1. The van der Waals surface area contributed by atoms with Gasteiger partial charge in [-0.15, -0.1) is 0 Å². The first-order chi connectivity index (χ1) is 12.0. The van der Waals surface area contributed by atoms with Crippen LogP contribution in [0.5, 0.6) is 11.5 Å². The van der Waals surface area contributed by atoms with Crippen LogP contribution in [0.1, 0.15) is 11.5 Å². The quantitative estimate of drug-likeness (QED) is 0.897. The van der Waals surface area contributed by atoms with Gasteiger partial charge in [0.15, 0.2) is 21.3 Å². The Morgan fingerprint density at radius 3 is 2.56 bits per heavy atom. The smallest absolute Gasteiger partial charge is 0.231 e. The molecule has 3 atom stereocenters. The van der Waals surface area contributed by atoms with Crippen LogP contribution in [0, 0.1) is 16.7 Å². The first-order valence-electron chi connectivity index (χ1n) is 7.75. The van der Waals surface area contributed by atoms with Gasteiger partial charge in [-0.1, -0.05) is 24.3 Å². The predicted molar refractivity (Wildman–Crippen MR) is 87.9 cm³/mol. The maximum absolute atomic E-state index is 13.0. The molecule has 1 saturated carbocycles. The second-order valence-corrected chi connectivity index (χ2v) is 8.25. The molecule has 2 aromatic rings. The van der Waals surface area contributed by atoms with Crippen molar-refractivity contribution in [3.63, 3.8) is 0 Å². The van der Waals surface area contributed by atoms with Crippen molar-refractivity contribution in [3.8, 4) is 17.6 Å². The van der Waals surface area contributed by atoms with Gasteiger partial charge in [-0.3, -0.25) is 0 Å². The minimum Gasteiger partial charge on any atom is -0.454 e. The molecule has 25 heavy (non-hydrogen) atoms. The molecule has 2 aromatic carbocycles. The molecule has 0 aromatic heterocycles. The van der Waals surface area contributed by atoms with E-state index in [1.165, 1.54) is 12.1 Å². The number of benzene rings is 2. The molecule has 1 aliphatic heterocycles. The first-order valence-corrected chi connectivity index (χ1v) is 9.30. The van der Waals surface area contributed by atoms with Crippen LogP contribution in [0.4, 0.5) is 0 Å². The molecule has 1 heterocycles. The van der Waals surface area contributed by atoms with Crippen LogP contribution in [0.25, 0.3) is 0 Å². The highest BCUT2D eigenvalue weighted by atomic mass is 32.2. The summed E-state index contributed by atoms with van der Waals surface area (Å²) in [6, 6.07) is 15.2. The third kappa shape index (κ3) is 2.22. The number of rotatable bonds is 4. The van der Waals surface area contributed by atoms with Crippen LogP contribution < -0.4 is 9.47 Å². The van der Waals surface area contributed by atoms with Crippen molar-refractivity contribution in [1.82, 2.24) is 0 Å². The molecule has 0 bridgehead atoms. The average Bonchev–Trinajstić information content (AvgIpc) is 3.12. The standard InChI is InChI=1S/C18H15NO5S/c19-9-18(10-20)16(12-6-7-14-15(8-12)24-11-23-14)17(18)25(21,22)13-4-2-1-3-5-13/h1-8,16-17,20H,10-11H2/t16-,17-,18+/m1/s1. The van der Waals surface area contributed by atoms with Gasteiger partial charge in [-0.2, -0.15) is 5.26 Å². The Kier molecular flexibility index (Phi) is 3.49. The van der Waals surface area contributed by atoms with Crippen molar-refractivity contribution in [2.24, 2.45) is 5.41 Å². The Morgan fingerprint density at radius 2 is 1.88 bits per heavy atom. The van der Waals surface area contributed by atoms with Gasteiger partial charge in [0.2, 0.25) is 6.79 Å². The van der Waals surface area contributed by atoms with Crippen molar-refractivity contribution >= 4 is 9.84 Å². The Balaban J connectivity index is 1.79.